The van der Waals surface area contributed by atoms with Gasteiger partial charge in [0.25, 0.3) is 6.29 Å². The Morgan fingerprint density at radius 2 is 0.770 bits per heavy atom. The minimum Gasteiger partial charge on any atom is -0.477 e. The first-order valence-corrected chi connectivity index (χ1v) is 31.3. The highest BCUT2D eigenvalue weighted by Gasteiger charge is 2.25. The Morgan fingerprint density at radius 1 is 0.419 bits per heavy atom. The van der Waals surface area contributed by atoms with E-state index in [1.807, 2.05) is 21.1 Å². The maximum absolute atomic E-state index is 12.9. The number of hydrogen-bond donors (Lipinski definition) is 1. The number of unbranched alkanes of at least 4 members (excludes halogenated alkanes) is 35. The molecule has 0 radical (unpaired) electrons. The molecule has 0 spiro atoms. The average Bonchev–Trinajstić information content (AvgIpc) is 3.37. The van der Waals surface area contributed by atoms with E-state index in [9.17, 15) is 19.5 Å². The van der Waals surface area contributed by atoms with Crippen molar-refractivity contribution in [1.82, 2.24) is 0 Å². The molecule has 74 heavy (non-hydrogen) atoms. The van der Waals surface area contributed by atoms with Gasteiger partial charge in [0.2, 0.25) is 0 Å². The summed E-state index contributed by atoms with van der Waals surface area (Å²) in [6, 6.07) is 0. The quantitative estimate of drug-likeness (QED) is 0.0211. The van der Waals surface area contributed by atoms with Gasteiger partial charge in [0, 0.05) is 12.8 Å². The van der Waals surface area contributed by atoms with Crippen LogP contribution in [0.5, 0.6) is 0 Å². The van der Waals surface area contributed by atoms with E-state index in [-0.39, 0.29) is 32.2 Å². The van der Waals surface area contributed by atoms with Crippen molar-refractivity contribution < 1.29 is 42.9 Å². The molecule has 0 aromatic rings. The Kier molecular flexibility index (Phi) is 54.4. The number of carbonyl (C=O) groups is 3. The number of esters is 2. The minimum atomic E-state index is -1.51. The summed E-state index contributed by atoms with van der Waals surface area (Å²) in [5.41, 5.74) is 0. The Bertz CT molecular complexity index is 1350. The number of carboxylic acid groups (broad SMARTS) is 1. The van der Waals surface area contributed by atoms with Crippen LogP contribution in [0.4, 0.5) is 0 Å². The van der Waals surface area contributed by atoms with Gasteiger partial charge in [-0.05, 0) is 51.4 Å². The highest BCUT2D eigenvalue weighted by molar-refractivity contribution is 5.71. The zero-order valence-electron chi connectivity index (χ0n) is 49.3. The molecular weight excluding hydrogens is 923 g/mol. The van der Waals surface area contributed by atoms with E-state index in [2.05, 4.69) is 62.5 Å². The van der Waals surface area contributed by atoms with Gasteiger partial charge in [-0.15, -0.1) is 0 Å². The summed E-state index contributed by atoms with van der Waals surface area (Å²) in [4.78, 5) is 37.5. The number of hydrogen-bond acceptors (Lipinski definition) is 7. The number of likely N-dealkylation sites (N-methyl/N-ethyl adjacent to an activating group) is 1. The van der Waals surface area contributed by atoms with Gasteiger partial charge in [-0.1, -0.05) is 274 Å². The third-order valence-electron chi connectivity index (χ3n) is 13.8. The van der Waals surface area contributed by atoms with Crippen LogP contribution in [0.1, 0.15) is 290 Å². The fourth-order valence-electron chi connectivity index (χ4n) is 9.07. The van der Waals surface area contributed by atoms with Crippen LogP contribution < -0.4 is 0 Å². The lowest BCUT2D eigenvalue weighted by molar-refractivity contribution is -0.870. The fraction of sp³-hybridized carbons (Fsp3) is 0.831. The Balaban J connectivity index is 4.16. The predicted octanol–water partition coefficient (Wildman–Crippen LogP) is 18.6. The number of carboxylic acids is 1. The van der Waals surface area contributed by atoms with Crippen molar-refractivity contribution in [3.8, 4) is 0 Å². The molecule has 0 rings (SSSR count). The largest absolute Gasteiger partial charge is 0.477 e. The molecule has 2 unspecified atom stereocenters. The minimum absolute atomic E-state index is 0.181. The Hall–Kier alpha value is -2.75. The van der Waals surface area contributed by atoms with Crippen molar-refractivity contribution in [3.05, 3.63) is 48.6 Å². The lowest BCUT2D eigenvalue weighted by Gasteiger charge is -2.25. The smallest absolute Gasteiger partial charge is 0.361 e. The van der Waals surface area contributed by atoms with Crippen molar-refractivity contribution in [3.63, 3.8) is 0 Å². The summed E-state index contributed by atoms with van der Waals surface area (Å²) in [7, 11) is 5.98. The Morgan fingerprint density at radius 3 is 1.15 bits per heavy atom. The molecule has 9 heteroatoms. The lowest BCUT2D eigenvalue weighted by atomic mass is 10.0. The first-order chi connectivity index (χ1) is 36.1. The zero-order chi connectivity index (χ0) is 54.1. The third kappa shape index (κ3) is 57.0. The zero-order valence-corrected chi connectivity index (χ0v) is 49.3. The summed E-state index contributed by atoms with van der Waals surface area (Å²) < 4.78 is 22.9. The number of rotatable bonds is 58. The molecule has 2 atom stereocenters. The molecule has 9 nitrogen and oxygen atoms in total. The van der Waals surface area contributed by atoms with E-state index < -0.39 is 24.3 Å². The van der Waals surface area contributed by atoms with Crippen molar-refractivity contribution in [1.29, 1.82) is 0 Å². The molecule has 0 amide bonds. The molecular formula is C65H120NO8+. The number of ether oxygens (including phenoxy) is 4. The molecule has 0 bridgehead atoms. The summed E-state index contributed by atoms with van der Waals surface area (Å²) in [6.45, 7) is 4.81. The van der Waals surface area contributed by atoms with Crippen LogP contribution in [0.3, 0.4) is 0 Å². The van der Waals surface area contributed by atoms with Crippen LogP contribution in [-0.2, 0) is 33.3 Å². The number of nitrogens with zero attached hydrogens (tertiary/aromatic N) is 1. The maximum Gasteiger partial charge on any atom is 0.361 e. The first-order valence-electron chi connectivity index (χ1n) is 31.3. The summed E-state index contributed by atoms with van der Waals surface area (Å²) in [6.07, 6.45) is 67.7. The summed E-state index contributed by atoms with van der Waals surface area (Å²) in [5, 5.41) is 9.72. The van der Waals surface area contributed by atoms with Gasteiger partial charge in [0.15, 0.2) is 6.10 Å². The molecule has 0 aliphatic carbocycles. The number of quaternary nitrogens is 1. The van der Waals surface area contributed by atoms with Gasteiger partial charge in [0.1, 0.15) is 13.2 Å². The number of allylic oxidation sites excluding steroid dienone is 8. The van der Waals surface area contributed by atoms with Crippen LogP contribution in [0, 0.1) is 0 Å². The monoisotopic (exact) mass is 1040 g/mol. The summed E-state index contributed by atoms with van der Waals surface area (Å²) >= 11 is 0. The SMILES string of the molecule is CC/C=C\C/C=C\C/C=C\C/C=C\CCCCCCCCCCCCC(=O)OC(COC(=O)CCCCCCCCCCCCCCCCCCCCCCCCCCCC)COC(OCC[N+](C)(C)C)C(=O)O. The van der Waals surface area contributed by atoms with E-state index in [1.54, 1.807) is 0 Å². The normalized spacial score (nSPS) is 13.0. The van der Waals surface area contributed by atoms with E-state index in [1.165, 1.54) is 186 Å². The molecule has 0 saturated heterocycles. The van der Waals surface area contributed by atoms with Crippen molar-refractivity contribution in [2.24, 2.45) is 0 Å². The lowest BCUT2D eigenvalue weighted by Crippen LogP contribution is -2.40. The van der Waals surface area contributed by atoms with E-state index in [4.69, 9.17) is 18.9 Å². The topological polar surface area (TPSA) is 108 Å². The van der Waals surface area contributed by atoms with Gasteiger partial charge in [0.05, 0.1) is 34.4 Å². The molecule has 0 aromatic heterocycles. The standard InChI is InChI=1S/C65H119NO8/c1-6-8-10-12-14-16-18-20-22-24-26-28-30-31-32-34-35-37-39-41-43-45-47-49-51-53-55-62(67)72-59-61(60-73-65(64(69)70)71-58-57-66(3,4)5)74-63(68)56-54-52-50-48-46-44-42-40-38-36-33-29-27-25-23-21-19-17-15-13-11-9-7-2/h9,11,15,17,21,23,27,29,61,65H,6-8,10,12-14,16,18-20,22,24-26,28,30-60H2,1-5H3/p+1/b11-9-,17-15-,23-21-,29-27-. The first kappa shape index (κ1) is 71.2. The van der Waals surface area contributed by atoms with Gasteiger partial charge >= 0.3 is 17.9 Å². The highest BCUT2D eigenvalue weighted by atomic mass is 16.7. The fourth-order valence-corrected chi connectivity index (χ4v) is 9.07. The van der Waals surface area contributed by atoms with Crippen LogP contribution in [0.25, 0.3) is 0 Å². The molecule has 0 aliphatic heterocycles. The van der Waals surface area contributed by atoms with Crippen LogP contribution in [0.2, 0.25) is 0 Å². The highest BCUT2D eigenvalue weighted by Crippen LogP contribution is 2.18. The van der Waals surface area contributed by atoms with E-state index in [0.717, 1.165) is 77.0 Å². The molecule has 1 N–H and O–H groups in total. The number of aliphatic carboxylic acids is 1. The van der Waals surface area contributed by atoms with Crippen LogP contribution in [-0.4, -0.2) is 87.4 Å². The van der Waals surface area contributed by atoms with Crippen LogP contribution in [0.15, 0.2) is 48.6 Å². The van der Waals surface area contributed by atoms with Gasteiger partial charge in [-0.3, -0.25) is 9.59 Å². The maximum atomic E-state index is 12.9. The van der Waals surface area contributed by atoms with Gasteiger partial charge < -0.3 is 28.5 Å². The second-order valence-electron chi connectivity index (χ2n) is 22.3. The van der Waals surface area contributed by atoms with E-state index in [0.29, 0.717) is 17.4 Å². The van der Waals surface area contributed by atoms with E-state index >= 15 is 0 Å². The van der Waals surface area contributed by atoms with Crippen molar-refractivity contribution in [2.75, 3.05) is 47.5 Å². The molecule has 0 heterocycles. The van der Waals surface area contributed by atoms with Crippen molar-refractivity contribution in [2.45, 2.75) is 302 Å². The number of carbonyl (C=O) groups excluding carboxylic acids is 2. The third-order valence-corrected chi connectivity index (χ3v) is 13.8. The molecule has 0 fully saturated rings. The summed E-state index contributed by atoms with van der Waals surface area (Å²) in [5.74, 6) is -1.99. The average molecular weight is 1040 g/mol. The molecule has 0 aromatic carbocycles. The van der Waals surface area contributed by atoms with Gasteiger partial charge in [-0.2, -0.15) is 0 Å². The molecule has 432 valence electrons. The van der Waals surface area contributed by atoms with Crippen molar-refractivity contribution >= 4 is 17.9 Å². The molecule has 0 aliphatic rings. The second-order valence-corrected chi connectivity index (χ2v) is 22.3. The predicted molar refractivity (Wildman–Crippen MR) is 314 cm³/mol. The van der Waals surface area contributed by atoms with Gasteiger partial charge in [-0.25, -0.2) is 4.79 Å². The Labute approximate surface area is 457 Å². The molecule has 0 saturated carbocycles. The van der Waals surface area contributed by atoms with Crippen LogP contribution >= 0.6 is 0 Å². The second kappa shape index (κ2) is 56.5.